The van der Waals surface area contributed by atoms with Crippen LogP contribution in [0.4, 0.5) is 0 Å². The second-order valence-corrected chi connectivity index (χ2v) is 7.27. The number of imidazole rings is 1. The van der Waals surface area contributed by atoms with Crippen molar-refractivity contribution in [1.82, 2.24) is 9.55 Å². The lowest BCUT2D eigenvalue weighted by Gasteiger charge is -2.32. The van der Waals surface area contributed by atoms with E-state index in [1.807, 2.05) is 0 Å². The zero-order chi connectivity index (χ0) is 15.3. The van der Waals surface area contributed by atoms with Crippen LogP contribution in [0.5, 0.6) is 0 Å². The molecule has 1 saturated heterocycles. The summed E-state index contributed by atoms with van der Waals surface area (Å²) in [6.45, 7) is 16.9. The molecule has 1 fully saturated rings. The van der Waals surface area contributed by atoms with Gasteiger partial charge in [-0.15, -0.1) is 0 Å². The van der Waals surface area contributed by atoms with Gasteiger partial charge in [-0.25, -0.2) is 4.98 Å². The maximum Gasteiger partial charge on any atom is 0.516 e. The Morgan fingerprint density at radius 3 is 1.90 bits per heavy atom. The maximum atomic E-state index is 6.08. The van der Waals surface area contributed by atoms with Crippen LogP contribution in [0, 0.1) is 0 Å². The number of aromatic nitrogens is 2. The maximum absolute atomic E-state index is 6.08. The van der Waals surface area contributed by atoms with E-state index in [1.165, 1.54) is 0 Å². The molecule has 0 radical (unpaired) electrons. The summed E-state index contributed by atoms with van der Waals surface area (Å²) in [7, 11) is -0.377. The third kappa shape index (κ3) is 2.53. The molecule has 20 heavy (non-hydrogen) atoms. The molecule has 0 saturated carbocycles. The summed E-state index contributed by atoms with van der Waals surface area (Å²) in [5.74, 6) is 1.47. The van der Waals surface area contributed by atoms with Crippen LogP contribution in [0.15, 0.2) is 6.20 Å². The minimum absolute atomic E-state index is 0.322. The van der Waals surface area contributed by atoms with Gasteiger partial charge in [-0.1, -0.05) is 13.8 Å². The first-order valence-corrected chi connectivity index (χ1v) is 7.49. The highest BCUT2D eigenvalue weighted by atomic mass is 16.7. The van der Waals surface area contributed by atoms with Crippen molar-refractivity contribution in [3.05, 3.63) is 12.0 Å². The first-order valence-electron chi connectivity index (χ1n) is 7.49. The van der Waals surface area contributed by atoms with Gasteiger partial charge in [0.2, 0.25) is 0 Å². The highest BCUT2D eigenvalue weighted by molar-refractivity contribution is 6.61. The predicted octanol–water partition coefficient (Wildman–Crippen LogP) is 2.89. The molecule has 0 unspecified atom stereocenters. The smallest absolute Gasteiger partial charge is 0.398 e. The number of rotatable bonds is 3. The lowest BCUT2D eigenvalue weighted by atomic mass is 9.86. The topological polar surface area (TPSA) is 36.3 Å². The normalized spacial score (nSPS) is 21.2. The van der Waals surface area contributed by atoms with E-state index in [1.54, 1.807) is 0 Å². The minimum atomic E-state index is -0.377. The third-order valence-electron chi connectivity index (χ3n) is 4.35. The van der Waals surface area contributed by atoms with Crippen LogP contribution in [0.3, 0.4) is 0 Å². The van der Waals surface area contributed by atoms with Gasteiger partial charge in [-0.2, -0.15) is 0 Å². The van der Waals surface area contributed by atoms with Crippen molar-refractivity contribution < 1.29 is 9.31 Å². The van der Waals surface area contributed by atoms with Crippen molar-refractivity contribution in [2.24, 2.45) is 0 Å². The lowest BCUT2D eigenvalue weighted by Crippen LogP contribution is -2.41. The highest BCUT2D eigenvalue weighted by Crippen LogP contribution is 2.36. The Bertz CT molecular complexity index is 451. The van der Waals surface area contributed by atoms with E-state index in [4.69, 9.17) is 14.3 Å². The molecule has 0 amide bonds. The Balaban J connectivity index is 2.34. The third-order valence-corrected chi connectivity index (χ3v) is 4.35. The van der Waals surface area contributed by atoms with Gasteiger partial charge in [-0.05, 0) is 41.5 Å². The van der Waals surface area contributed by atoms with Crippen molar-refractivity contribution in [3.63, 3.8) is 0 Å². The van der Waals surface area contributed by atoms with Crippen LogP contribution in [0.1, 0.15) is 73.2 Å². The minimum Gasteiger partial charge on any atom is -0.398 e. The Labute approximate surface area is 123 Å². The first-order chi connectivity index (χ1) is 9.05. The Kier molecular flexibility index (Phi) is 3.80. The fraction of sp³-hybridized carbons (Fsp3) is 0.800. The van der Waals surface area contributed by atoms with E-state index in [-0.39, 0.29) is 18.3 Å². The molecular formula is C15H27BN2O2. The van der Waals surface area contributed by atoms with Crippen LogP contribution in [-0.2, 0) is 9.31 Å². The van der Waals surface area contributed by atoms with E-state index in [9.17, 15) is 0 Å². The molecule has 0 aliphatic carbocycles. The van der Waals surface area contributed by atoms with E-state index in [2.05, 4.69) is 66.2 Å². The molecule has 0 bridgehead atoms. The van der Waals surface area contributed by atoms with E-state index in [0.717, 1.165) is 11.4 Å². The van der Waals surface area contributed by atoms with E-state index < -0.39 is 0 Å². The molecule has 0 atom stereocenters. The molecule has 1 aromatic heterocycles. The summed E-state index contributed by atoms with van der Waals surface area (Å²) >= 11 is 0. The van der Waals surface area contributed by atoms with Gasteiger partial charge in [0.05, 0.1) is 16.8 Å². The van der Waals surface area contributed by atoms with Crippen molar-refractivity contribution in [2.75, 3.05) is 0 Å². The summed E-state index contributed by atoms with van der Waals surface area (Å²) in [6.07, 6.45) is 2.07. The summed E-state index contributed by atoms with van der Waals surface area (Å²) in [5, 5.41) is 0. The number of hydrogen-bond donors (Lipinski definition) is 0. The summed E-state index contributed by atoms with van der Waals surface area (Å²) in [6, 6.07) is 0.385. The van der Waals surface area contributed by atoms with Gasteiger partial charge < -0.3 is 13.9 Å². The van der Waals surface area contributed by atoms with E-state index >= 15 is 0 Å². The van der Waals surface area contributed by atoms with Crippen molar-refractivity contribution in [2.45, 2.75) is 78.6 Å². The van der Waals surface area contributed by atoms with Crippen molar-refractivity contribution >= 4 is 12.7 Å². The predicted molar refractivity (Wildman–Crippen MR) is 82.4 cm³/mol. The molecular weight excluding hydrogens is 251 g/mol. The molecule has 4 nitrogen and oxygen atoms in total. The molecule has 0 spiro atoms. The van der Waals surface area contributed by atoms with Crippen molar-refractivity contribution in [3.8, 4) is 0 Å². The largest absolute Gasteiger partial charge is 0.516 e. The number of nitrogens with zero attached hydrogens (tertiary/aromatic N) is 2. The molecule has 2 heterocycles. The fourth-order valence-corrected chi connectivity index (χ4v) is 2.35. The van der Waals surface area contributed by atoms with Crippen LogP contribution in [-0.4, -0.2) is 27.9 Å². The van der Waals surface area contributed by atoms with Crippen LogP contribution < -0.4 is 5.59 Å². The molecule has 0 N–H and O–H groups in total. The zero-order valence-electron chi connectivity index (χ0n) is 14.0. The Morgan fingerprint density at radius 2 is 1.55 bits per heavy atom. The van der Waals surface area contributed by atoms with Gasteiger partial charge in [0.25, 0.3) is 0 Å². The molecule has 1 aliphatic heterocycles. The van der Waals surface area contributed by atoms with Gasteiger partial charge in [0.1, 0.15) is 5.82 Å². The molecule has 0 aromatic carbocycles. The molecule has 2 rings (SSSR count). The summed E-state index contributed by atoms with van der Waals surface area (Å²) in [4.78, 5) is 4.76. The van der Waals surface area contributed by atoms with Gasteiger partial charge in [0.15, 0.2) is 0 Å². The average Bonchev–Trinajstić information content (AvgIpc) is 2.79. The molecule has 112 valence electrons. The summed E-state index contributed by atoms with van der Waals surface area (Å²) < 4.78 is 14.4. The standard InChI is InChI=1S/C15H27BN2O2/c1-10(2)13-17-12(9-18(13)11(3)4)16-19-14(5,6)15(7,8)20-16/h9-11H,1-8H3. The quantitative estimate of drug-likeness (QED) is 0.798. The second-order valence-electron chi connectivity index (χ2n) is 7.27. The summed E-state index contributed by atoms with van der Waals surface area (Å²) in [5.41, 5.74) is 0.232. The fourth-order valence-electron chi connectivity index (χ4n) is 2.35. The van der Waals surface area contributed by atoms with E-state index in [0.29, 0.717) is 12.0 Å². The van der Waals surface area contributed by atoms with Crippen LogP contribution in [0.2, 0.25) is 0 Å². The Hall–Kier alpha value is -0.805. The van der Waals surface area contributed by atoms with Crippen molar-refractivity contribution in [1.29, 1.82) is 0 Å². The molecule has 1 aliphatic rings. The second kappa shape index (κ2) is 4.88. The number of hydrogen-bond acceptors (Lipinski definition) is 3. The zero-order valence-corrected chi connectivity index (χ0v) is 14.0. The van der Waals surface area contributed by atoms with Gasteiger partial charge >= 0.3 is 7.12 Å². The molecule has 1 aromatic rings. The average molecular weight is 278 g/mol. The monoisotopic (exact) mass is 278 g/mol. The van der Waals surface area contributed by atoms with Crippen LogP contribution in [0.25, 0.3) is 0 Å². The highest BCUT2D eigenvalue weighted by Gasteiger charge is 2.52. The molecule has 5 heteroatoms. The van der Waals surface area contributed by atoms with Crippen LogP contribution >= 0.6 is 0 Å². The first kappa shape index (κ1) is 15.6. The Morgan fingerprint density at radius 1 is 1.05 bits per heavy atom. The van der Waals surface area contributed by atoms with Gasteiger partial charge in [-0.3, -0.25) is 0 Å². The lowest BCUT2D eigenvalue weighted by molar-refractivity contribution is 0.00578. The van der Waals surface area contributed by atoms with Gasteiger partial charge in [0, 0.05) is 18.2 Å². The SMILES string of the molecule is CC(C)c1nc(B2OC(C)(C)C(C)(C)O2)cn1C(C)C.